The molecule has 0 bridgehead atoms. The van der Waals surface area contributed by atoms with E-state index in [0.717, 1.165) is 0 Å². The quantitative estimate of drug-likeness (QED) is 0.284. The van der Waals surface area contributed by atoms with Crippen LogP contribution in [0.25, 0.3) is 0 Å². The summed E-state index contributed by atoms with van der Waals surface area (Å²) in [5.74, 6) is -4.68. The van der Waals surface area contributed by atoms with Crippen LogP contribution in [0.3, 0.4) is 0 Å². The number of aliphatic hydroxyl groups is 1. The standard InChI is InChI=1S/C11H19NO7/c1-12(2,3)4-6-18-8(10(14)15)9(11(16)17)19-7-5-13/h13H,4-7H2,1-3H3,(H-,14,15,16,17)/p+1/b9-8-. The highest BCUT2D eigenvalue weighted by Gasteiger charge is 2.24. The fraction of sp³-hybridized carbons (Fsp3) is 0.636. The number of aliphatic carboxylic acids is 2. The number of carboxylic acids is 2. The first-order valence-electron chi connectivity index (χ1n) is 5.57. The minimum Gasteiger partial charge on any atom is -0.481 e. The van der Waals surface area contributed by atoms with Gasteiger partial charge in [-0.2, -0.15) is 0 Å². The van der Waals surface area contributed by atoms with Crippen molar-refractivity contribution in [1.29, 1.82) is 0 Å². The molecule has 0 aliphatic rings. The van der Waals surface area contributed by atoms with Gasteiger partial charge in [0.15, 0.2) is 0 Å². The van der Waals surface area contributed by atoms with Crippen molar-refractivity contribution < 1.29 is 38.9 Å². The summed E-state index contributed by atoms with van der Waals surface area (Å²) in [6, 6.07) is 0. The Morgan fingerprint density at radius 1 is 0.947 bits per heavy atom. The molecule has 0 radical (unpaired) electrons. The number of likely N-dealkylation sites (N-methyl/N-ethyl adjacent to an activating group) is 1. The zero-order valence-corrected chi connectivity index (χ0v) is 11.3. The lowest BCUT2D eigenvalue weighted by Gasteiger charge is -2.23. The van der Waals surface area contributed by atoms with Gasteiger partial charge in [0.05, 0.1) is 27.7 Å². The molecule has 110 valence electrons. The zero-order valence-electron chi connectivity index (χ0n) is 11.3. The molecular weight excluding hydrogens is 258 g/mol. The van der Waals surface area contributed by atoms with Gasteiger partial charge in [-0.3, -0.25) is 0 Å². The van der Waals surface area contributed by atoms with E-state index in [1.54, 1.807) is 0 Å². The molecule has 0 aromatic heterocycles. The first-order valence-corrected chi connectivity index (χ1v) is 5.57. The van der Waals surface area contributed by atoms with E-state index in [-0.39, 0.29) is 13.2 Å². The van der Waals surface area contributed by atoms with E-state index in [2.05, 4.69) is 4.74 Å². The Balaban J connectivity index is 4.91. The Bertz CT molecular complexity index is 357. The number of hydrogen-bond acceptors (Lipinski definition) is 5. The SMILES string of the molecule is C[N+](C)(C)CCO/C(C(=O)O)=C(\OCCO)C(=O)O. The second-order valence-corrected chi connectivity index (χ2v) is 4.70. The van der Waals surface area contributed by atoms with Crippen molar-refractivity contribution >= 4 is 11.9 Å². The Kier molecular flexibility index (Phi) is 6.87. The number of aliphatic hydroxyl groups excluding tert-OH is 1. The highest BCUT2D eigenvalue weighted by molar-refractivity contribution is 5.95. The molecule has 8 heteroatoms. The maximum Gasteiger partial charge on any atom is 0.375 e. The van der Waals surface area contributed by atoms with E-state index < -0.39 is 30.1 Å². The summed E-state index contributed by atoms with van der Waals surface area (Å²) in [4.78, 5) is 21.9. The molecule has 3 N–H and O–H groups in total. The fourth-order valence-corrected chi connectivity index (χ4v) is 1.02. The normalized spacial score (nSPS) is 12.6. The van der Waals surface area contributed by atoms with Gasteiger partial charge in [0.2, 0.25) is 0 Å². The van der Waals surface area contributed by atoms with Crippen LogP contribution in [-0.4, -0.2) is 79.2 Å². The molecule has 0 aromatic carbocycles. The van der Waals surface area contributed by atoms with Crippen molar-refractivity contribution in [3.05, 3.63) is 11.5 Å². The van der Waals surface area contributed by atoms with Crippen LogP contribution in [0.1, 0.15) is 0 Å². The van der Waals surface area contributed by atoms with Crippen LogP contribution in [0.15, 0.2) is 11.5 Å². The molecule has 0 rings (SSSR count). The van der Waals surface area contributed by atoms with Crippen LogP contribution in [0, 0.1) is 0 Å². The van der Waals surface area contributed by atoms with Crippen molar-refractivity contribution in [2.75, 3.05) is 47.5 Å². The molecule has 19 heavy (non-hydrogen) atoms. The molecule has 0 saturated carbocycles. The third-order valence-electron chi connectivity index (χ3n) is 1.94. The monoisotopic (exact) mass is 278 g/mol. The second-order valence-electron chi connectivity index (χ2n) is 4.70. The third kappa shape index (κ3) is 7.27. The lowest BCUT2D eigenvalue weighted by Crippen LogP contribution is -2.37. The highest BCUT2D eigenvalue weighted by atomic mass is 16.5. The lowest BCUT2D eigenvalue weighted by atomic mass is 10.4. The summed E-state index contributed by atoms with van der Waals surface area (Å²) >= 11 is 0. The molecule has 0 aromatic rings. The number of carbonyl (C=O) groups is 2. The van der Waals surface area contributed by atoms with Gasteiger partial charge in [-0.1, -0.05) is 0 Å². The second kappa shape index (κ2) is 7.59. The molecule has 0 saturated heterocycles. The van der Waals surface area contributed by atoms with E-state index in [1.165, 1.54) is 0 Å². The van der Waals surface area contributed by atoms with Crippen molar-refractivity contribution in [2.24, 2.45) is 0 Å². The summed E-state index contributed by atoms with van der Waals surface area (Å²) in [6.45, 7) is -0.228. The van der Waals surface area contributed by atoms with Gasteiger partial charge in [-0.05, 0) is 0 Å². The molecule has 0 heterocycles. The van der Waals surface area contributed by atoms with Crippen LogP contribution >= 0.6 is 0 Å². The molecule has 0 aliphatic heterocycles. The number of quaternary nitrogens is 1. The van der Waals surface area contributed by atoms with E-state index in [9.17, 15) is 9.59 Å². The van der Waals surface area contributed by atoms with E-state index >= 15 is 0 Å². The van der Waals surface area contributed by atoms with Crippen molar-refractivity contribution in [3.63, 3.8) is 0 Å². The largest absolute Gasteiger partial charge is 0.481 e. The molecule has 8 nitrogen and oxygen atoms in total. The van der Waals surface area contributed by atoms with Gasteiger partial charge in [0, 0.05) is 0 Å². The van der Waals surface area contributed by atoms with Crippen LogP contribution < -0.4 is 0 Å². The number of carboxylic acid groups (broad SMARTS) is 2. The van der Waals surface area contributed by atoms with Crippen LogP contribution in [0.2, 0.25) is 0 Å². The number of hydrogen-bond donors (Lipinski definition) is 3. The molecule has 0 spiro atoms. The van der Waals surface area contributed by atoms with Gasteiger partial charge >= 0.3 is 11.9 Å². The van der Waals surface area contributed by atoms with Crippen LogP contribution in [-0.2, 0) is 19.1 Å². The number of ether oxygens (including phenoxy) is 2. The van der Waals surface area contributed by atoms with E-state index in [4.69, 9.17) is 20.1 Å². The summed E-state index contributed by atoms with van der Waals surface area (Å²) in [7, 11) is 5.65. The predicted molar refractivity (Wildman–Crippen MR) is 64.2 cm³/mol. The van der Waals surface area contributed by atoms with Crippen molar-refractivity contribution in [3.8, 4) is 0 Å². The number of rotatable bonds is 9. The third-order valence-corrected chi connectivity index (χ3v) is 1.94. The topological polar surface area (TPSA) is 113 Å². The first kappa shape index (κ1) is 17.2. The maximum absolute atomic E-state index is 11.0. The Hall–Kier alpha value is -1.80. The predicted octanol–water partition coefficient (Wildman–Crippen LogP) is -0.901. The van der Waals surface area contributed by atoms with Crippen LogP contribution in [0.5, 0.6) is 0 Å². The summed E-state index contributed by atoms with van der Waals surface area (Å²) in [5, 5.41) is 26.4. The van der Waals surface area contributed by atoms with Crippen LogP contribution in [0.4, 0.5) is 0 Å². The zero-order chi connectivity index (χ0) is 15.1. The Labute approximate surface area is 111 Å². The maximum atomic E-state index is 11.0. The van der Waals surface area contributed by atoms with Gasteiger partial charge in [0.25, 0.3) is 11.5 Å². The fourth-order valence-electron chi connectivity index (χ4n) is 1.02. The molecule has 0 fully saturated rings. The van der Waals surface area contributed by atoms with E-state index in [0.29, 0.717) is 11.0 Å². The van der Waals surface area contributed by atoms with Crippen molar-refractivity contribution in [1.82, 2.24) is 0 Å². The minimum atomic E-state index is -1.56. The lowest BCUT2D eigenvalue weighted by molar-refractivity contribution is -0.870. The summed E-state index contributed by atoms with van der Waals surface area (Å²) < 4.78 is 10.2. The smallest absolute Gasteiger partial charge is 0.375 e. The average molecular weight is 278 g/mol. The minimum absolute atomic E-state index is 0.0321. The first-order chi connectivity index (χ1) is 8.69. The molecule has 0 amide bonds. The summed E-state index contributed by atoms with van der Waals surface area (Å²) in [6.07, 6.45) is 0. The van der Waals surface area contributed by atoms with Gasteiger partial charge in [0.1, 0.15) is 19.8 Å². The van der Waals surface area contributed by atoms with E-state index in [1.807, 2.05) is 21.1 Å². The van der Waals surface area contributed by atoms with Gasteiger partial charge in [-0.25, -0.2) is 9.59 Å². The highest BCUT2D eigenvalue weighted by Crippen LogP contribution is 2.10. The molecule has 0 aliphatic carbocycles. The summed E-state index contributed by atoms with van der Waals surface area (Å²) in [5.41, 5.74) is 0. The molecule has 0 atom stereocenters. The average Bonchev–Trinajstić information content (AvgIpc) is 2.24. The Morgan fingerprint density at radius 2 is 1.37 bits per heavy atom. The molecular formula is C11H20NO7+. The molecule has 0 unspecified atom stereocenters. The van der Waals surface area contributed by atoms with Gasteiger partial charge < -0.3 is 29.3 Å². The van der Waals surface area contributed by atoms with Crippen molar-refractivity contribution in [2.45, 2.75) is 0 Å². The van der Waals surface area contributed by atoms with Gasteiger partial charge in [-0.15, -0.1) is 0 Å². The Morgan fingerprint density at radius 3 is 1.68 bits per heavy atom. The number of nitrogens with zero attached hydrogens (tertiary/aromatic N) is 1.